The lowest BCUT2D eigenvalue weighted by molar-refractivity contribution is 0.0158. The number of fused-ring (bicyclic) bond motifs is 4. The molecule has 5 rings (SSSR count). The van der Waals surface area contributed by atoms with E-state index in [0.717, 1.165) is 0 Å². The number of anilines is 1. The normalized spacial score (nSPS) is 17.7. The highest BCUT2D eigenvalue weighted by Gasteiger charge is 2.35. The Morgan fingerprint density at radius 3 is 2.56 bits per heavy atom. The van der Waals surface area contributed by atoms with Crippen LogP contribution in [0.1, 0.15) is 43.9 Å². The second-order valence-electron chi connectivity index (χ2n) is 9.71. The summed E-state index contributed by atoms with van der Waals surface area (Å²) < 4.78 is 22.0. The molecule has 0 aliphatic carbocycles. The van der Waals surface area contributed by atoms with Gasteiger partial charge in [0.25, 0.3) is 5.56 Å². The van der Waals surface area contributed by atoms with Crippen molar-refractivity contribution in [1.29, 1.82) is 0 Å². The molecule has 3 aromatic rings. The van der Waals surface area contributed by atoms with E-state index >= 15 is 4.39 Å². The van der Waals surface area contributed by atoms with E-state index in [1.807, 2.05) is 32.6 Å². The number of halogens is 1. The Balaban J connectivity index is 1.50. The zero-order chi connectivity index (χ0) is 24.4. The van der Waals surface area contributed by atoms with Crippen LogP contribution in [0.15, 0.2) is 41.2 Å². The van der Waals surface area contributed by atoms with Crippen LogP contribution in [0.4, 0.5) is 14.9 Å². The number of amides is 1. The van der Waals surface area contributed by atoms with Crippen LogP contribution < -0.4 is 10.5 Å². The van der Waals surface area contributed by atoms with E-state index in [4.69, 9.17) is 4.74 Å². The van der Waals surface area contributed by atoms with Gasteiger partial charge in [-0.05, 0) is 52.0 Å². The van der Waals surface area contributed by atoms with Gasteiger partial charge in [-0.15, -0.1) is 0 Å². The number of para-hydroxylation sites is 1. The summed E-state index contributed by atoms with van der Waals surface area (Å²) in [5.74, 6) is -1.06. The monoisotopic (exact) mass is 464 g/mol. The maximum absolute atomic E-state index is 15.2. The molecular weight excluding hydrogens is 439 g/mol. The molecule has 1 unspecified atom stereocenters. The van der Waals surface area contributed by atoms with E-state index < -0.39 is 23.3 Å². The van der Waals surface area contributed by atoms with E-state index in [-0.39, 0.29) is 28.7 Å². The molecular formula is C25H25FN4O4. The molecule has 1 aromatic heterocycles. The SMILES string of the molecule is CC1CN(c2cc3c(cc2F)C(=O)c2nc4ccccc4c(=O)n2-3)CCN1C(=O)OC(C)(C)C. The van der Waals surface area contributed by atoms with Gasteiger partial charge in [0, 0.05) is 25.7 Å². The minimum atomic E-state index is -0.606. The Kier molecular flexibility index (Phi) is 4.96. The molecule has 1 atom stereocenters. The predicted molar refractivity (Wildman–Crippen MR) is 125 cm³/mol. The maximum atomic E-state index is 15.2. The van der Waals surface area contributed by atoms with Crippen molar-refractivity contribution in [3.8, 4) is 5.69 Å². The van der Waals surface area contributed by atoms with Crippen LogP contribution >= 0.6 is 0 Å². The third-order valence-corrected chi connectivity index (χ3v) is 6.13. The molecule has 3 heterocycles. The van der Waals surface area contributed by atoms with Crippen molar-refractivity contribution in [3.63, 3.8) is 0 Å². The van der Waals surface area contributed by atoms with Crippen LogP contribution in [0.5, 0.6) is 0 Å². The first-order valence-corrected chi connectivity index (χ1v) is 11.2. The van der Waals surface area contributed by atoms with Gasteiger partial charge < -0.3 is 14.5 Å². The van der Waals surface area contributed by atoms with Crippen molar-refractivity contribution in [1.82, 2.24) is 14.5 Å². The van der Waals surface area contributed by atoms with Crippen LogP contribution in [0.3, 0.4) is 0 Å². The molecule has 2 aliphatic rings. The Hall–Kier alpha value is -3.75. The van der Waals surface area contributed by atoms with Crippen molar-refractivity contribution < 1.29 is 18.7 Å². The second kappa shape index (κ2) is 7.65. The third kappa shape index (κ3) is 3.52. The second-order valence-corrected chi connectivity index (χ2v) is 9.71. The molecule has 0 bridgehead atoms. The number of hydrogen-bond acceptors (Lipinski definition) is 6. The summed E-state index contributed by atoms with van der Waals surface area (Å²) in [5.41, 5.74) is 0.158. The van der Waals surface area contributed by atoms with Gasteiger partial charge in [-0.1, -0.05) is 12.1 Å². The van der Waals surface area contributed by atoms with Gasteiger partial charge in [0.05, 0.1) is 27.8 Å². The highest BCUT2D eigenvalue weighted by Crippen LogP contribution is 2.33. The molecule has 2 aliphatic heterocycles. The van der Waals surface area contributed by atoms with Crippen LogP contribution in [0.2, 0.25) is 0 Å². The topological polar surface area (TPSA) is 84.7 Å². The lowest BCUT2D eigenvalue weighted by Gasteiger charge is -2.41. The summed E-state index contributed by atoms with van der Waals surface area (Å²) in [4.78, 5) is 46.5. The van der Waals surface area contributed by atoms with Gasteiger partial charge in [0.2, 0.25) is 5.78 Å². The highest BCUT2D eigenvalue weighted by molar-refractivity contribution is 6.13. The first kappa shape index (κ1) is 22.1. The van der Waals surface area contributed by atoms with Gasteiger partial charge in [0.1, 0.15) is 11.4 Å². The molecule has 1 amide bonds. The number of carbonyl (C=O) groups excluding carboxylic acids is 2. The average molecular weight is 464 g/mol. The predicted octanol–water partition coefficient (Wildman–Crippen LogP) is 3.51. The van der Waals surface area contributed by atoms with E-state index in [0.29, 0.717) is 36.2 Å². The number of nitrogens with zero attached hydrogens (tertiary/aromatic N) is 4. The largest absolute Gasteiger partial charge is 0.444 e. The minimum Gasteiger partial charge on any atom is -0.444 e. The molecule has 0 saturated carbocycles. The van der Waals surface area contributed by atoms with E-state index in [9.17, 15) is 14.4 Å². The minimum absolute atomic E-state index is 0.0154. The standard InChI is InChI=1S/C25H25FN4O4/c1-14-13-28(9-10-29(14)24(33)34-25(2,3)4)20-12-19-16(11-17(20)26)21(31)22-27-18-8-6-5-7-15(18)23(32)30(19)22/h5-8,11-12,14H,9-10,13H2,1-4H3. The van der Waals surface area contributed by atoms with Gasteiger partial charge in [-0.3, -0.25) is 14.2 Å². The first-order chi connectivity index (χ1) is 16.0. The maximum Gasteiger partial charge on any atom is 0.410 e. The smallest absolute Gasteiger partial charge is 0.410 e. The zero-order valence-electron chi connectivity index (χ0n) is 19.5. The molecule has 0 N–H and O–H groups in total. The fourth-order valence-corrected chi connectivity index (χ4v) is 4.56. The average Bonchev–Trinajstić information content (AvgIpc) is 3.03. The summed E-state index contributed by atoms with van der Waals surface area (Å²) in [6.07, 6.45) is -0.405. The Bertz CT molecular complexity index is 1410. The quantitative estimate of drug-likeness (QED) is 0.429. The molecule has 2 aromatic carbocycles. The Morgan fingerprint density at radius 2 is 1.85 bits per heavy atom. The third-order valence-electron chi connectivity index (χ3n) is 6.13. The van der Waals surface area contributed by atoms with Gasteiger partial charge in [-0.25, -0.2) is 14.2 Å². The highest BCUT2D eigenvalue weighted by atomic mass is 19.1. The summed E-state index contributed by atoms with van der Waals surface area (Å²) >= 11 is 0. The van der Waals surface area contributed by atoms with Gasteiger partial charge in [-0.2, -0.15) is 0 Å². The summed E-state index contributed by atoms with van der Waals surface area (Å²) in [6, 6.07) is 9.29. The molecule has 34 heavy (non-hydrogen) atoms. The van der Waals surface area contributed by atoms with Gasteiger partial charge in [0.15, 0.2) is 5.82 Å². The van der Waals surface area contributed by atoms with Crippen LogP contribution in [-0.4, -0.2) is 57.6 Å². The molecule has 1 saturated heterocycles. The van der Waals surface area contributed by atoms with E-state index in [2.05, 4.69) is 4.98 Å². The van der Waals surface area contributed by atoms with Crippen molar-refractivity contribution in [2.45, 2.75) is 39.3 Å². The number of benzene rings is 2. The fraction of sp³-hybridized carbons (Fsp3) is 0.360. The van der Waals surface area contributed by atoms with Crippen molar-refractivity contribution in [2.24, 2.45) is 0 Å². The molecule has 0 radical (unpaired) electrons. The number of hydrogen-bond donors (Lipinski definition) is 0. The Labute approximate surface area is 195 Å². The molecule has 8 nitrogen and oxygen atoms in total. The van der Waals surface area contributed by atoms with Crippen molar-refractivity contribution in [3.05, 3.63) is 64.0 Å². The lowest BCUT2D eigenvalue weighted by Crippen LogP contribution is -2.55. The summed E-state index contributed by atoms with van der Waals surface area (Å²) in [6.45, 7) is 8.42. The number of piperazine rings is 1. The molecule has 0 spiro atoms. The number of ether oxygens (including phenoxy) is 1. The summed E-state index contributed by atoms with van der Waals surface area (Å²) in [5, 5.41) is 0.386. The zero-order valence-corrected chi connectivity index (χ0v) is 19.5. The van der Waals surface area contributed by atoms with Crippen LogP contribution in [0.25, 0.3) is 16.6 Å². The van der Waals surface area contributed by atoms with Crippen molar-refractivity contribution in [2.75, 3.05) is 24.5 Å². The van der Waals surface area contributed by atoms with E-state index in [1.54, 1.807) is 29.2 Å². The van der Waals surface area contributed by atoms with Crippen LogP contribution in [-0.2, 0) is 4.74 Å². The van der Waals surface area contributed by atoms with Crippen molar-refractivity contribution >= 4 is 28.5 Å². The number of ketones is 1. The van der Waals surface area contributed by atoms with Gasteiger partial charge >= 0.3 is 6.09 Å². The fourth-order valence-electron chi connectivity index (χ4n) is 4.56. The van der Waals surface area contributed by atoms with Crippen LogP contribution in [0, 0.1) is 5.82 Å². The molecule has 9 heteroatoms. The first-order valence-electron chi connectivity index (χ1n) is 11.2. The summed E-state index contributed by atoms with van der Waals surface area (Å²) in [7, 11) is 0. The number of carbonyl (C=O) groups is 2. The molecule has 1 fully saturated rings. The van der Waals surface area contributed by atoms with E-state index in [1.165, 1.54) is 16.7 Å². The number of aromatic nitrogens is 2. The lowest BCUT2D eigenvalue weighted by atomic mass is 10.1. The Morgan fingerprint density at radius 1 is 1.12 bits per heavy atom. The number of rotatable bonds is 1. The molecule has 176 valence electrons.